The normalized spacial score (nSPS) is 13.2. The van der Waals surface area contributed by atoms with Gasteiger partial charge in [-0.1, -0.05) is 39.5 Å². The highest BCUT2D eigenvalue weighted by Gasteiger charge is 2.18. The van der Waals surface area contributed by atoms with E-state index in [2.05, 4.69) is 18.8 Å². The van der Waals surface area contributed by atoms with Crippen LogP contribution in [0.3, 0.4) is 0 Å². The van der Waals surface area contributed by atoms with Crippen molar-refractivity contribution in [2.45, 2.75) is 64.8 Å². The monoisotopic (exact) mass is 244 g/mol. The average Bonchev–Trinajstić information content (AvgIpc) is 2.77. The summed E-state index contributed by atoms with van der Waals surface area (Å²) in [7, 11) is 0. The second kappa shape index (κ2) is 7.41. The summed E-state index contributed by atoms with van der Waals surface area (Å²) in [5, 5.41) is 0. The van der Waals surface area contributed by atoms with E-state index in [1.165, 1.54) is 12.7 Å². The van der Waals surface area contributed by atoms with Crippen LogP contribution in [0.2, 0.25) is 0 Å². The predicted octanol–water partition coefficient (Wildman–Crippen LogP) is 4.74. The van der Waals surface area contributed by atoms with Gasteiger partial charge in [-0.15, -0.1) is 0 Å². The molecule has 0 aliphatic heterocycles. The SMILES string of the molecule is CCCCCC(CCC)c1cncn1C(F)F. The van der Waals surface area contributed by atoms with Gasteiger partial charge >= 0.3 is 6.55 Å². The summed E-state index contributed by atoms with van der Waals surface area (Å²) in [5.74, 6) is 0.225. The van der Waals surface area contributed by atoms with Crippen molar-refractivity contribution in [3.05, 3.63) is 18.2 Å². The van der Waals surface area contributed by atoms with Crippen LogP contribution in [-0.4, -0.2) is 9.55 Å². The van der Waals surface area contributed by atoms with E-state index < -0.39 is 6.55 Å². The third-order valence-corrected chi connectivity index (χ3v) is 3.12. The summed E-state index contributed by atoms with van der Waals surface area (Å²) < 4.78 is 26.6. The van der Waals surface area contributed by atoms with E-state index in [-0.39, 0.29) is 5.92 Å². The highest BCUT2D eigenvalue weighted by Crippen LogP contribution is 2.29. The van der Waals surface area contributed by atoms with Crippen LogP contribution < -0.4 is 0 Å². The van der Waals surface area contributed by atoms with Gasteiger partial charge in [-0.25, -0.2) is 4.98 Å². The Morgan fingerprint density at radius 1 is 1.18 bits per heavy atom. The molecule has 0 aliphatic rings. The molecule has 1 atom stereocenters. The van der Waals surface area contributed by atoms with Crippen LogP contribution in [-0.2, 0) is 0 Å². The molecule has 0 spiro atoms. The van der Waals surface area contributed by atoms with Crippen molar-refractivity contribution in [1.29, 1.82) is 0 Å². The van der Waals surface area contributed by atoms with Crippen LogP contribution in [0.4, 0.5) is 8.78 Å². The maximum Gasteiger partial charge on any atom is 0.319 e. The van der Waals surface area contributed by atoms with E-state index in [1.807, 2.05) is 0 Å². The molecule has 17 heavy (non-hydrogen) atoms. The number of alkyl halides is 2. The van der Waals surface area contributed by atoms with E-state index in [9.17, 15) is 8.78 Å². The number of halogens is 2. The fourth-order valence-corrected chi connectivity index (χ4v) is 2.22. The first kappa shape index (κ1) is 14.1. The van der Waals surface area contributed by atoms with Crippen LogP contribution in [0.25, 0.3) is 0 Å². The maximum absolute atomic E-state index is 12.8. The lowest BCUT2D eigenvalue weighted by Gasteiger charge is -2.17. The van der Waals surface area contributed by atoms with E-state index in [0.29, 0.717) is 5.69 Å². The molecule has 98 valence electrons. The summed E-state index contributed by atoms with van der Waals surface area (Å²) in [6.07, 6.45) is 9.24. The quantitative estimate of drug-likeness (QED) is 0.604. The molecular weight excluding hydrogens is 222 g/mol. The van der Waals surface area contributed by atoms with Gasteiger partial charge in [0.15, 0.2) is 0 Å². The first-order chi connectivity index (χ1) is 8.20. The summed E-state index contributed by atoms with van der Waals surface area (Å²) >= 11 is 0. The van der Waals surface area contributed by atoms with E-state index in [4.69, 9.17) is 0 Å². The molecule has 0 aliphatic carbocycles. The highest BCUT2D eigenvalue weighted by atomic mass is 19.3. The van der Waals surface area contributed by atoms with Crippen molar-refractivity contribution in [3.63, 3.8) is 0 Å². The lowest BCUT2D eigenvalue weighted by atomic mass is 9.93. The molecule has 0 fully saturated rings. The fraction of sp³-hybridized carbons (Fsp3) is 0.769. The van der Waals surface area contributed by atoms with Crippen molar-refractivity contribution < 1.29 is 8.78 Å². The zero-order valence-corrected chi connectivity index (χ0v) is 10.7. The highest BCUT2D eigenvalue weighted by molar-refractivity contribution is 5.06. The van der Waals surface area contributed by atoms with Gasteiger partial charge in [0.2, 0.25) is 0 Å². The minimum atomic E-state index is -2.47. The Morgan fingerprint density at radius 2 is 1.94 bits per heavy atom. The minimum Gasteiger partial charge on any atom is -0.277 e. The van der Waals surface area contributed by atoms with Gasteiger partial charge < -0.3 is 0 Å². The van der Waals surface area contributed by atoms with Gasteiger partial charge in [0.05, 0.1) is 6.33 Å². The topological polar surface area (TPSA) is 17.8 Å². The van der Waals surface area contributed by atoms with Gasteiger partial charge in [-0.3, -0.25) is 4.57 Å². The minimum absolute atomic E-state index is 0.225. The number of unbranched alkanes of at least 4 members (excludes halogenated alkanes) is 2. The zero-order valence-electron chi connectivity index (χ0n) is 10.7. The summed E-state index contributed by atoms with van der Waals surface area (Å²) in [5.41, 5.74) is 0.693. The van der Waals surface area contributed by atoms with Gasteiger partial charge in [0.25, 0.3) is 0 Å². The first-order valence-electron chi connectivity index (χ1n) is 6.50. The van der Waals surface area contributed by atoms with E-state index in [1.54, 1.807) is 6.20 Å². The van der Waals surface area contributed by atoms with Gasteiger partial charge in [-0.2, -0.15) is 8.78 Å². The fourth-order valence-electron chi connectivity index (χ4n) is 2.22. The second-order valence-electron chi connectivity index (χ2n) is 4.48. The number of rotatable bonds is 8. The summed E-state index contributed by atoms with van der Waals surface area (Å²) in [6, 6.07) is 0. The standard InChI is InChI=1S/C13H22F2N2/c1-3-5-6-8-11(7-4-2)12-9-16-10-17(12)13(14)15/h9-11,13H,3-8H2,1-2H3. The van der Waals surface area contributed by atoms with Crippen LogP contribution >= 0.6 is 0 Å². The molecule has 1 heterocycles. The van der Waals surface area contributed by atoms with Crippen LogP contribution in [0.15, 0.2) is 12.5 Å². The molecule has 0 N–H and O–H groups in total. The molecule has 0 amide bonds. The molecule has 1 aromatic rings. The molecule has 0 bridgehead atoms. The molecule has 1 aromatic heterocycles. The lowest BCUT2D eigenvalue weighted by Crippen LogP contribution is -2.08. The zero-order chi connectivity index (χ0) is 12.7. The molecule has 0 aromatic carbocycles. The number of hydrogen-bond acceptors (Lipinski definition) is 1. The molecule has 0 radical (unpaired) electrons. The van der Waals surface area contributed by atoms with Gasteiger partial charge in [0.1, 0.15) is 0 Å². The molecular formula is C13H22F2N2. The Morgan fingerprint density at radius 3 is 2.53 bits per heavy atom. The van der Waals surface area contributed by atoms with Crippen LogP contribution in [0.5, 0.6) is 0 Å². The molecule has 1 rings (SSSR count). The third kappa shape index (κ3) is 4.10. The number of imidazole rings is 1. The Labute approximate surface area is 102 Å². The van der Waals surface area contributed by atoms with Crippen molar-refractivity contribution in [3.8, 4) is 0 Å². The molecule has 2 nitrogen and oxygen atoms in total. The Balaban J connectivity index is 2.70. The van der Waals surface area contributed by atoms with Gasteiger partial charge in [0, 0.05) is 17.8 Å². The van der Waals surface area contributed by atoms with Gasteiger partial charge in [-0.05, 0) is 12.8 Å². The smallest absolute Gasteiger partial charge is 0.277 e. The average molecular weight is 244 g/mol. The number of nitrogens with zero attached hydrogens (tertiary/aromatic N) is 2. The molecule has 0 saturated heterocycles. The van der Waals surface area contributed by atoms with Crippen molar-refractivity contribution in [2.24, 2.45) is 0 Å². The Hall–Kier alpha value is -0.930. The second-order valence-corrected chi connectivity index (χ2v) is 4.48. The lowest BCUT2D eigenvalue weighted by molar-refractivity contribution is 0.0656. The van der Waals surface area contributed by atoms with Crippen molar-refractivity contribution in [2.75, 3.05) is 0 Å². The van der Waals surface area contributed by atoms with Crippen LogP contribution in [0, 0.1) is 0 Å². The maximum atomic E-state index is 12.8. The van der Waals surface area contributed by atoms with Crippen molar-refractivity contribution >= 4 is 0 Å². The third-order valence-electron chi connectivity index (χ3n) is 3.12. The predicted molar refractivity (Wildman–Crippen MR) is 65.3 cm³/mol. The summed E-state index contributed by atoms with van der Waals surface area (Å²) in [4.78, 5) is 3.86. The van der Waals surface area contributed by atoms with Crippen LogP contribution in [0.1, 0.15) is 70.5 Å². The van der Waals surface area contributed by atoms with Crippen molar-refractivity contribution in [1.82, 2.24) is 9.55 Å². The van der Waals surface area contributed by atoms with E-state index >= 15 is 0 Å². The number of aromatic nitrogens is 2. The largest absolute Gasteiger partial charge is 0.319 e. The molecule has 4 heteroatoms. The Kier molecular flexibility index (Phi) is 6.16. The molecule has 0 saturated carbocycles. The first-order valence-corrected chi connectivity index (χ1v) is 6.50. The van der Waals surface area contributed by atoms with E-state index in [0.717, 1.165) is 36.7 Å². The summed E-state index contributed by atoms with van der Waals surface area (Å²) in [6.45, 7) is 1.77. The number of hydrogen-bond donors (Lipinski definition) is 0. The Bertz CT molecular complexity index is 310. The molecule has 1 unspecified atom stereocenters.